The van der Waals surface area contributed by atoms with Crippen molar-refractivity contribution in [2.45, 2.75) is 18.7 Å². The van der Waals surface area contributed by atoms with Gasteiger partial charge in [0.05, 0.1) is 16.3 Å². The molecule has 0 unspecified atom stereocenters. The van der Waals surface area contributed by atoms with Crippen LogP contribution < -0.4 is 4.72 Å². The van der Waals surface area contributed by atoms with E-state index in [1.807, 2.05) is 50.2 Å². The highest BCUT2D eigenvalue weighted by molar-refractivity contribution is 7.92. The highest BCUT2D eigenvalue weighted by atomic mass is 32.2. The van der Waals surface area contributed by atoms with Gasteiger partial charge in [0.1, 0.15) is 5.82 Å². The summed E-state index contributed by atoms with van der Waals surface area (Å²) in [6, 6.07) is 17.9. The first-order valence-electron chi connectivity index (χ1n) is 9.84. The molecule has 3 aromatic carbocycles. The molecule has 9 heteroatoms. The fraction of sp³-hybridized carbons (Fsp3) is 0.0870. The van der Waals surface area contributed by atoms with E-state index in [1.165, 1.54) is 12.1 Å². The number of halogens is 1. The van der Waals surface area contributed by atoms with Crippen molar-refractivity contribution in [3.8, 4) is 11.3 Å². The van der Waals surface area contributed by atoms with E-state index in [0.717, 1.165) is 34.0 Å². The lowest BCUT2D eigenvalue weighted by atomic mass is 10.0. The molecule has 0 aliphatic carbocycles. The smallest absolute Gasteiger partial charge is 0.261 e. The summed E-state index contributed by atoms with van der Waals surface area (Å²) in [7, 11) is -3.89. The Bertz CT molecular complexity index is 1590. The van der Waals surface area contributed by atoms with Gasteiger partial charge in [-0.2, -0.15) is 9.61 Å². The van der Waals surface area contributed by atoms with E-state index in [-0.39, 0.29) is 4.90 Å². The van der Waals surface area contributed by atoms with E-state index in [4.69, 9.17) is 5.10 Å². The van der Waals surface area contributed by atoms with Gasteiger partial charge in [-0.1, -0.05) is 36.4 Å². The molecule has 0 saturated carbocycles. The number of hydrogen-bond donors (Lipinski definition) is 1. The van der Waals surface area contributed by atoms with Crippen LogP contribution >= 0.6 is 0 Å². The molecule has 0 amide bonds. The third kappa shape index (κ3) is 3.36. The number of aromatic nitrogens is 4. The van der Waals surface area contributed by atoms with Crippen LogP contribution in [0.1, 0.15) is 11.4 Å². The van der Waals surface area contributed by atoms with Crippen LogP contribution in [0, 0.1) is 19.7 Å². The topological polar surface area (TPSA) is 89.2 Å². The predicted octanol–water partition coefficient (Wildman–Crippen LogP) is 4.50. The summed E-state index contributed by atoms with van der Waals surface area (Å²) in [5.74, 6) is 0.149. The van der Waals surface area contributed by atoms with E-state index in [9.17, 15) is 12.8 Å². The van der Waals surface area contributed by atoms with Crippen molar-refractivity contribution in [2.24, 2.45) is 0 Å². The number of nitrogens with zero attached hydrogens (tertiary/aromatic N) is 4. The van der Waals surface area contributed by atoms with Crippen LogP contribution in [0.3, 0.4) is 0 Å². The molecule has 0 bridgehead atoms. The third-order valence-corrected chi connectivity index (χ3v) is 6.68. The van der Waals surface area contributed by atoms with Gasteiger partial charge < -0.3 is 0 Å². The normalized spacial score (nSPS) is 11.8. The van der Waals surface area contributed by atoms with E-state index in [2.05, 4.69) is 14.9 Å². The van der Waals surface area contributed by atoms with Crippen molar-refractivity contribution >= 4 is 32.1 Å². The number of fused-ring (bicyclic) bond motifs is 3. The summed E-state index contributed by atoms with van der Waals surface area (Å²) in [5, 5.41) is 14.9. The maximum absolute atomic E-state index is 13.2. The molecule has 5 rings (SSSR count). The minimum absolute atomic E-state index is 0.0196. The Morgan fingerprint density at radius 3 is 2.38 bits per heavy atom. The van der Waals surface area contributed by atoms with Crippen molar-refractivity contribution < 1.29 is 12.8 Å². The van der Waals surface area contributed by atoms with Gasteiger partial charge in [0, 0.05) is 16.3 Å². The molecule has 0 aliphatic rings. The second-order valence-electron chi connectivity index (χ2n) is 7.47. The van der Waals surface area contributed by atoms with Crippen LogP contribution in [-0.4, -0.2) is 28.2 Å². The fourth-order valence-corrected chi connectivity index (χ4v) is 4.72. The van der Waals surface area contributed by atoms with Crippen LogP contribution in [0.15, 0.2) is 71.6 Å². The standard InChI is InChI=1S/C23H18FN5O2S/c1-14-7-8-16(13-21(14)28-32(30,31)18-11-9-17(24)10-12-18)22-19-5-3-4-6-20(19)23-26-25-15(2)29(23)27-22/h3-13,28H,1-2H3. The Hall–Kier alpha value is -3.85. The van der Waals surface area contributed by atoms with E-state index >= 15 is 0 Å². The maximum Gasteiger partial charge on any atom is 0.261 e. The van der Waals surface area contributed by atoms with E-state index < -0.39 is 15.8 Å². The van der Waals surface area contributed by atoms with Crippen molar-refractivity contribution in [3.05, 3.63) is 83.9 Å². The quantitative estimate of drug-likeness (QED) is 0.438. The largest absolute Gasteiger partial charge is 0.279 e. The Morgan fingerprint density at radius 2 is 1.62 bits per heavy atom. The maximum atomic E-state index is 13.2. The molecule has 0 fully saturated rings. The number of aryl methyl sites for hydroxylation is 2. The minimum Gasteiger partial charge on any atom is -0.279 e. The molecule has 2 heterocycles. The lowest BCUT2D eigenvalue weighted by molar-refractivity contribution is 0.599. The Morgan fingerprint density at radius 1 is 0.906 bits per heavy atom. The summed E-state index contributed by atoms with van der Waals surface area (Å²) in [5.41, 5.74) is 3.23. The number of hydrogen-bond acceptors (Lipinski definition) is 5. The van der Waals surface area contributed by atoms with Gasteiger partial charge in [-0.15, -0.1) is 10.2 Å². The number of sulfonamides is 1. The Balaban J connectivity index is 1.65. The first-order valence-corrected chi connectivity index (χ1v) is 11.3. The molecular weight excluding hydrogens is 429 g/mol. The third-order valence-electron chi connectivity index (χ3n) is 5.30. The van der Waals surface area contributed by atoms with Gasteiger partial charge in [0.2, 0.25) is 0 Å². The fourth-order valence-electron chi connectivity index (χ4n) is 3.59. The summed E-state index contributed by atoms with van der Waals surface area (Å²) < 4.78 is 43.2. The number of benzene rings is 3. The summed E-state index contributed by atoms with van der Waals surface area (Å²) in [4.78, 5) is -0.0196. The molecule has 7 nitrogen and oxygen atoms in total. The van der Waals surface area contributed by atoms with E-state index in [0.29, 0.717) is 22.9 Å². The second kappa shape index (κ2) is 7.38. The van der Waals surface area contributed by atoms with Crippen LogP contribution in [-0.2, 0) is 10.0 Å². The molecule has 32 heavy (non-hydrogen) atoms. The van der Waals surface area contributed by atoms with Crippen molar-refractivity contribution in [1.29, 1.82) is 0 Å². The van der Waals surface area contributed by atoms with Gasteiger partial charge in [0.15, 0.2) is 11.5 Å². The molecule has 0 spiro atoms. The molecule has 0 aliphatic heterocycles. The molecule has 160 valence electrons. The van der Waals surface area contributed by atoms with Crippen LogP contribution in [0.4, 0.5) is 10.1 Å². The van der Waals surface area contributed by atoms with Crippen LogP contribution in [0.5, 0.6) is 0 Å². The van der Waals surface area contributed by atoms with Gasteiger partial charge in [-0.25, -0.2) is 12.8 Å². The molecule has 0 radical (unpaired) electrons. The molecular formula is C23H18FN5O2S. The van der Waals surface area contributed by atoms with Gasteiger partial charge in [-0.3, -0.25) is 4.72 Å². The SMILES string of the molecule is Cc1ccc(-c2nn3c(C)nnc3c3ccccc23)cc1NS(=O)(=O)c1ccc(F)cc1. The average Bonchev–Trinajstić information content (AvgIpc) is 3.16. The van der Waals surface area contributed by atoms with Crippen molar-refractivity contribution in [3.63, 3.8) is 0 Å². The molecule has 2 aromatic heterocycles. The van der Waals surface area contributed by atoms with Crippen LogP contribution in [0.2, 0.25) is 0 Å². The van der Waals surface area contributed by atoms with Gasteiger partial charge in [0.25, 0.3) is 10.0 Å². The van der Waals surface area contributed by atoms with Crippen molar-refractivity contribution in [2.75, 3.05) is 4.72 Å². The second-order valence-corrected chi connectivity index (χ2v) is 9.15. The lowest BCUT2D eigenvalue weighted by Gasteiger charge is -2.13. The zero-order valence-electron chi connectivity index (χ0n) is 17.2. The summed E-state index contributed by atoms with van der Waals surface area (Å²) in [6.07, 6.45) is 0. The van der Waals surface area contributed by atoms with Gasteiger partial charge in [-0.05, 0) is 49.7 Å². The molecule has 5 aromatic rings. The Kier molecular flexibility index (Phi) is 4.63. The molecule has 1 N–H and O–H groups in total. The van der Waals surface area contributed by atoms with Crippen molar-refractivity contribution in [1.82, 2.24) is 19.8 Å². The van der Waals surface area contributed by atoms with E-state index in [1.54, 1.807) is 10.6 Å². The summed E-state index contributed by atoms with van der Waals surface area (Å²) >= 11 is 0. The minimum atomic E-state index is -3.89. The predicted molar refractivity (Wildman–Crippen MR) is 120 cm³/mol. The number of anilines is 1. The zero-order valence-corrected chi connectivity index (χ0v) is 18.1. The molecule has 0 saturated heterocycles. The first kappa shape index (κ1) is 20.1. The van der Waals surface area contributed by atoms with Gasteiger partial charge >= 0.3 is 0 Å². The number of rotatable bonds is 4. The lowest BCUT2D eigenvalue weighted by Crippen LogP contribution is -2.14. The van der Waals surface area contributed by atoms with Crippen LogP contribution in [0.25, 0.3) is 27.7 Å². The highest BCUT2D eigenvalue weighted by Crippen LogP contribution is 2.32. The first-order chi connectivity index (χ1) is 15.3. The monoisotopic (exact) mass is 447 g/mol. The highest BCUT2D eigenvalue weighted by Gasteiger charge is 2.18. The summed E-state index contributed by atoms with van der Waals surface area (Å²) in [6.45, 7) is 3.63. The average molecular weight is 447 g/mol. The molecule has 0 atom stereocenters. The number of nitrogens with one attached hydrogen (secondary N) is 1. The zero-order chi connectivity index (χ0) is 22.5. The Labute approximate surface area is 183 Å².